The van der Waals surface area contributed by atoms with Crippen molar-refractivity contribution in [2.45, 2.75) is 13.3 Å². The van der Waals surface area contributed by atoms with Gasteiger partial charge in [0, 0.05) is 31.4 Å². The summed E-state index contributed by atoms with van der Waals surface area (Å²) in [5.74, 6) is 0.621. The lowest BCUT2D eigenvalue weighted by Crippen LogP contribution is -2.29. The molecule has 4 nitrogen and oxygen atoms in total. The minimum absolute atomic E-state index is 0.125. The first-order chi connectivity index (χ1) is 12.6. The molecule has 1 saturated heterocycles. The Morgan fingerprint density at radius 2 is 2.19 bits per heavy atom. The molecule has 3 rings (SSSR count). The van der Waals surface area contributed by atoms with Crippen LogP contribution in [0.2, 0.25) is 0 Å². The first kappa shape index (κ1) is 18.8. The number of halogens is 1. The lowest BCUT2D eigenvalue weighted by molar-refractivity contribution is -0.122. The van der Waals surface area contributed by atoms with E-state index in [0.717, 1.165) is 6.42 Å². The Bertz CT molecular complexity index is 847. The normalized spacial score (nSPS) is 16.1. The maximum absolute atomic E-state index is 13.3. The molecule has 2 aromatic rings. The highest BCUT2D eigenvalue weighted by Crippen LogP contribution is 2.33. The van der Waals surface area contributed by atoms with Crippen LogP contribution in [0.1, 0.15) is 19.1 Å². The van der Waals surface area contributed by atoms with Gasteiger partial charge in [0.15, 0.2) is 0 Å². The molecule has 1 aromatic heterocycles. The molecule has 1 amide bonds. The lowest BCUT2D eigenvalue weighted by atomic mass is 10.2. The molecule has 1 aliphatic rings. The van der Waals surface area contributed by atoms with Gasteiger partial charge in [-0.05, 0) is 37.6 Å². The van der Waals surface area contributed by atoms with Crippen molar-refractivity contribution in [2.75, 3.05) is 19.8 Å². The molecule has 136 valence electrons. The number of benzene rings is 1. The number of ether oxygens (including phenoxy) is 1. The third-order valence-electron chi connectivity index (χ3n) is 3.76. The van der Waals surface area contributed by atoms with Crippen LogP contribution in [0.3, 0.4) is 0 Å². The van der Waals surface area contributed by atoms with E-state index in [4.69, 9.17) is 21.4 Å². The van der Waals surface area contributed by atoms with Crippen molar-refractivity contribution in [3.05, 3.63) is 52.9 Å². The first-order valence-corrected chi connectivity index (χ1v) is 9.50. The van der Waals surface area contributed by atoms with Crippen molar-refractivity contribution in [3.8, 4) is 11.3 Å². The highest BCUT2D eigenvalue weighted by molar-refractivity contribution is 8.26. The summed E-state index contributed by atoms with van der Waals surface area (Å²) in [6.07, 6.45) is 2.41. The van der Waals surface area contributed by atoms with Crippen molar-refractivity contribution >= 4 is 40.3 Å². The number of carbonyl (C=O) groups is 1. The van der Waals surface area contributed by atoms with E-state index in [2.05, 4.69) is 0 Å². The van der Waals surface area contributed by atoms with Gasteiger partial charge in [-0.2, -0.15) is 0 Å². The van der Waals surface area contributed by atoms with E-state index in [1.165, 1.54) is 23.9 Å². The Balaban J connectivity index is 1.70. The fourth-order valence-corrected chi connectivity index (χ4v) is 3.81. The molecule has 1 aromatic carbocycles. The van der Waals surface area contributed by atoms with Crippen molar-refractivity contribution < 1.29 is 18.3 Å². The van der Waals surface area contributed by atoms with Crippen LogP contribution in [0.25, 0.3) is 17.4 Å². The molecule has 0 atom stereocenters. The molecule has 0 unspecified atom stereocenters. The molecule has 1 aliphatic heterocycles. The third-order valence-corrected chi connectivity index (χ3v) is 5.14. The predicted octanol–water partition coefficient (Wildman–Crippen LogP) is 4.71. The van der Waals surface area contributed by atoms with E-state index in [1.54, 1.807) is 35.2 Å². The number of amides is 1. The van der Waals surface area contributed by atoms with E-state index in [-0.39, 0.29) is 11.7 Å². The van der Waals surface area contributed by atoms with Gasteiger partial charge in [-0.1, -0.05) is 36.1 Å². The quantitative estimate of drug-likeness (QED) is 0.388. The van der Waals surface area contributed by atoms with E-state index in [0.29, 0.717) is 46.1 Å². The molecule has 26 heavy (non-hydrogen) atoms. The second kappa shape index (κ2) is 8.62. The predicted molar refractivity (Wildman–Crippen MR) is 105 cm³/mol. The van der Waals surface area contributed by atoms with E-state index < -0.39 is 0 Å². The first-order valence-electron chi connectivity index (χ1n) is 8.27. The molecule has 0 radical (unpaired) electrons. The molecule has 0 N–H and O–H groups in total. The zero-order valence-electron chi connectivity index (χ0n) is 14.2. The molecule has 0 spiro atoms. The standard InChI is InChI=1S/C19H18FNO3S2/c1-2-23-10-4-9-21-18(22)17(26-19(21)25)12-15-7-8-16(24-15)13-5-3-6-14(20)11-13/h3,5-8,11-12H,2,4,9-10H2,1H3. The third kappa shape index (κ3) is 4.41. The van der Waals surface area contributed by atoms with Crippen LogP contribution < -0.4 is 0 Å². The Labute approximate surface area is 161 Å². The van der Waals surface area contributed by atoms with Gasteiger partial charge in [-0.3, -0.25) is 9.69 Å². The van der Waals surface area contributed by atoms with Gasteiger partial charge >= 0.3 is 0 Å². The Kier molecular flexibility index (Phi) is 6.24. The van der Waals surface area contributed by atoms with Crippen molar-refractivity contribution in [1.82, 2.24) is 4.90 Å². The summed E-state index contributed by atoms with van der Waals surface area (Å²) in [5.41, 5.74) is 0.646. The Hall–Kier alpha value is -1.96. The van der Waals surface area contributed by atoms with Crippen LogP contribution >= 0.6 is 24.0 Å². The van der Waals surface area contributed by atoms with E-state index >= 15 is 0 Å². The minimum Gasteiger partial charge on any atom is -0.457 e. The fraction of sp³-hybridized carbons (Fsp3) is 0.263. The SMILES string of the molecule is CCOCCCN1C(=O)C(=Cc2ccc(-c3cccc(F)c3)o2)SC1=S. The van der Waals surface area contributed by atoms with E-state index in [9.17, 15) is 9.18 Å². The Morgan fingerprint density at radius 3 is 2.96 bits per heavy atom. The maximum atomic E-state index is 13.3. The summed E-state index contributed by atoms with van der Waals surface area (Å²) in [7, 11) is 0. The van der Waals surface area contributed by atoms with Crippen LogP contribution in [0.4, 0.5) is 4.39 Å². The van der Waals surface area contributed by atoms with Gasteiger partial charge in [0.25, 0.3) is 5.91 Å². The number of furan rings is 1. The molecule has 0 bridgehead atoms. The zero-order chi connectivity index (χ0) is 18.5. The summed E-state index contributed by atoms with van der Waals surface area (Å²) < 4.78 is 24.9. The lowest BCUT2D eigenvalue weighted by Gasteiger charge is -2.13. The van der Waals surface area contributed by atoms with Gasteiger partial charge in [0.2, 0.25) is 0 Å². The average molecular weight is 391 g/mol. The summed E-state index contributed by atoms with van der Waals surface area (Å²) in [6.45, 7) is 3.73. The fourth-order valence-electron chi connectivity index (χ4n) is 2.52. The van der Waals surface area contributed by atoms with Crippen molar-refractivity contribution in [3.63, 3.8) is 0 Å². The van der Waals surface area contributed by atoms with Gasteiger partial charge in [0.05, 0.1) is 4.91 Å². The molecule has 2 heterocycles. The summed E-state index contributed by atoms with van der Waals surface area (Å²) in [6, 6.07) is 9.68. The number of nitrogens with zero attached hydrogens (tertiary/aromatic N) is 1. The summed E-state index contributed by atoms with van der Waals surface area (Å²) in [5, 5.41) is 0. The van der Waals surface area contributed by atoms with Crippen LogP contribution in [0.5, 0.6) is 0 Å². The second-order valence-corrected chi connectivity index (χ2v) is 7.27. The van der Waals surface area contributed by atoms with Crippen molar-refractivity contribution in [1.29, 1.82) is 0 Å². The highest BCUT2D eigenvalue weighted by atomic mass is 32.2. The average Bonchev–Trinajstić information content (AvgIpc) is 3.18. The number of thiocarbonyl (C=S) groups is 1. The Morgan fingerprint density at radius 1 is 1.35 bits per heavy atom. The number of carbonyl (C=O) groups excluding carboxylic acids is 1. The van der Waals surface area contributed by atoms with Crippen LogP contribution in [0.15, 0.2) is 45.7 Å². The molecule has 7 heteroatoms. The largest absolute Gasteiger partial charge is 0.457 e. The maximum Gasteiger partial charge on any atom is 0.266 e. The molecular formula is C19H18FNO3S2. The molecule has 1 fully saturated rings. The van der Waals surface area contributed by atoms with Crippen molar-refractivity contribution in [2.24, 2.45) is 0 Å². The van der Waals surface area contributed by atoms with E-state index in [1.807, 2.05) is 6.92 Å². The number of hydrogen-bond donors (Lipinski definition) is 0. The topological polar surface area (TPSA) is 42.7 Å². The molecular weight excluding hydrogens is 373 g/mol. The number of rotatable bonds is 7. The van der Waals surface area contributed by atoms with Crippen LogP contribution in [0, 0.1) is 5.82 Å². The van der Waals surface area contributed by atoms with Crippen LogP contribution in [-0.2, 0) is 9.53 Å². The summed E-state index contributed by atoms with van der Waals surface area (Å²) >= 11 is 6.56. The van der Waals surface area contributed by atoms with Gasteiger partial charge in [-0.15, -0.1) is 0 Å². The second-order valence-electron chi connectivity index (χ2n) is 5.60. The zero-order valence-corrected chi connectivity index (χ0v) is 15.9. The van der Waals surface area contributed by atoms with Gasteiger partial charge in [0.1, 0.15) is 21.7 Å². The monoisotopic (exact) mass is 391 g/mol. The molecule has 0 saturated carbocycles. The van der Waals surface area contributed by atoms with Gasteiger partial charge in [-0.25, -0.2) is 4.39 Å². The minimum atomic E-state index is -0.326. The van der Waals surface area contributed by atoms with Crippen LogP contribution in [-0.4, -0.2) is 34.9 Å². The highest BCUT2D eigenvalue weighted by Gasteiger charge is 2.31. The number of hydrogen-bond acceptors (Lipinski definition) is 5. The molecule has 0 aliphatic carbocycles. The number of thioether (sulfide) groups is 1. The van der Waals surface area contributed by atoms with Gasteiger partial charge < -0.3 is 9.15 Å². The smallest absolute Gasteiger partial charge is 0.266 e. The summed E-state index contributed by atoms with van der Waals surface area (Å²) in [4.78, 5) is 14.6.